The minimum absolute atomic E-state index is 0.0432. The smallest absolute Gasteiger partial charge is 0.290 e. The van der Waals surface area contributed by atoms with E-state index in [1.807, 2.05) is 42.3 Å². The number of benzene rings is 1. The molecule has 2 heterocycles. The molecule has 0 radical (unpaired) electrons. The predicted octanol–water partition coefficient (Wildman–Crippen LogP) is 0.452. The summed E-state index contributed by atoms with van der Waals surface area (Å²) >= 11 is 0. The Balaban J connectivity index is 0.00000114. The number of rotatable bonds is 8. The van der Waals surface area contributed by atoms with Crippen LogP contribution < -0.4 is 5.32 Å². The van der Waals surface area contributed by atoms with E-state index in [-0.39, 0.29) is 31.4 Å². The maximum absolute atomic E-state index is 12.6. The molecule has 10 heteroatoms. The first-order chi connectivity index (χ1) is 15.4. The molecule has 1 aliphatic rings. The van der Waals surface area contributed by atoms with Crippen LogP contribution in [0.4, 0.5) is 0 Å². The summed E-state index contributed by atoms with van der Waals surface area (Å²) in [6, 6.07) is 9.15. The number of ether oxygens (including phenoxy) is 1. The van der Waals surface area contributed by atoms with Crippen LogP contribution in [0.15, 0.2) is 34.7 Å². The van der Waals surface area contributed by atoms with Crippen LogP contribution in [0.1, 0.15) is 17.9 Å². The van der Waals surface area contributed by atoms with Gasteiger partial charge in [-0.25, -0.2) is 4.98 Å². The molecule has 1 aromatic heterocycles. The zero-order valence-corrected chi connectivity index (χ0v) is 18.3. The third kappa shape index (κ3) is 7.41. The second-order valence-corrected chi connectivity index (χ2v) is 7.52. The molecule has 0 aliphatic carbocycles. The molecule has 0 saturated carbocycles. The predicted molar refractivity (Wildman–Crippen MR) is 116 cm³/mol. The maximum Gasteiger partial charge on any atom is 0.290 e. The molecule has 2 aromatic rings. The lowest BCUT2D eigenvalue weighted by Gasteiger charge is -2.37. The van der Waals surface area contributed by atoms with Gasteiger partial charge in [-0.15, -0.1) is 0 Å². The Kier molecular flexibility index (Phi) is 10.3. The van der Waals surface area contributed by atoms with Crippen LogP contribution in [0.3, 0.4) is 0 Å². The van der Waals surface area contributed by atoms with Crippen LogP contribution in [-0.4, -0.2) is 89.2 Å². The molecule has 32 heavy (non-hydrogen) atoms. The first kappa shape index (κ1) is 25.5. The number of aromatic nitrogens is 1. The highest BCUT2D eigenvalue weighted by Gasteiger charge is 2.34. The number of hydrogen-bond donors (Lipinski definition) is 4. The third-order valence-electron chi connectivity index (χ3n) is 5.12. The number of nitrogens with zero attached hydrogens (tertiary/aromatic N) is 2. The highest BCUT2D eigenvalue weighted by molar-refractivity contribution is 5.79. The molecule has 1 aromatic carbocycles. The van der Waals surface area contributed by atoms with E-state index in [0.29, 0.717) is 43.5 Å². The summed E-state index contributed by atoms with van der Waals surface area (Å²) in [5, 5.41) is 29.4. The van der Waals surface area contributed by atoms with Crippen molar-refractivity contribution >= 4 is 12.4 Å². The van der Waals surface area contributed by atoms with Gasteiger partial charge in [0.05, 0.1) is 30.9 Å². The number of aliphatic hydroxyl groups is 2. The van der Waals surface area contributed by atoms with E-state index in [9.17, 15) is 9.90 Å². The van der Waals surface area contributed by atoms with E-state index in [2.05, 4.69) is 10.3 Å². The summed E-state index contributed by atoms with van der Waals surface area (Å²) in [6.45, 7) is 3.02. The molecular weight excluding hydrogens is 418 g/mol. The highest BCUT2D eigenvalue weighted by Crippen LogP contribution is 2.22. The van der Waals surface area contributed by atoms with Crippen molar-refractivity contribution in [2.45, 2.75) is 38.0 Å². The molecule has 3 atom stereocenters. The van der Waals surface area contributed by atoms with Crippen LogP contribution in [-0.2, 0) is 20.7 Å². The van der Waals surface area contributed by atoms with Gasteiger partial charge in [-0.2, -0.15) is 0 Å². The van der Waals surface area contributed by atoms with Gasteiger partial charge in [-0.3, -0.25) is 9.59 Å². The number of nitrogens with one attached hydrogen (secondary N) is 1. The molecule has 10 nitrogen and oxygen atoms in total. The standard InChI is InChI=1S/C21H29N3O5.CH2O2/c1-14-17(23-21(29-14)15-6-4-3-5-7-15)12-19(26)22-16-8-11-28-18(20(16)27)13-24(2)9-10-25;2-1-3/h3-7,16,18,20,25,27H,8-13H2,1-2H3,(H,22,26);1H,(H,2,3)/t16-,18+,20-;/m0./s1. The van der Waals surface area contributed by atoms with Crippen molar-refractivity contribution in [3.8, 4) is 11.5 Å². The molecule has 1 saturated heterocycles. The SMILES string of the molecule is Cc1oc(-c2ccccc2)nc1CC(=O)N[C@H]1CCO[C@H](CN(C)CCO)[C@H]1O.O=CO. The van der Waals surface area contributed by atoms with E-state index in [4.69, 9.17) is 24.2 Å². The topological polar surface area (TPSA) is 145 Å². The van der Waals surface area contributed by atoms with Crippen LogP contribution in [0.2, 0.25) is 0 Å². The average molecular weight is 450 g/mol. The van der Waals surface area contributed by atoms with Gasteiger partial charge >= 0.3 is 0 Å². The van der Waals surface area contributed by atoms with Gasteiger partial charge < -0.3 is 34.7 Å². The molecule has 0 bridgehead atoms. The number of likely N-dealkylation sites (N-methyl/N-ethyl adjacent to an activating group) is 1. The Bertz CT molecular complexity index is 843. The average Bonchev–Trinajstić information content (AvgIpc) is 3.12. The highest BCUT2D eigenvalue weighted by atomic mass is 16.5. The monoisotopic (exact) mass is 449 g/mol. The molecule has 3 rings (SSSR count). The fourth-order valence-electron chi connectivity index (χ4n) is 3.47. The number of aliphatic hydroxyl groups excluding tert-OH is 2. The van der Waals surface area contributed by atoms with Crippen LogP contribution in [0.5, 0.6) is 0 Å². The summed E-state index contributed by atoms with van der Waals surface area (Å²) in [5.74, 6) is 0.883. The fourth-order valence-corrected chi connectivity index (χ4v) is 3.47. The van der Waals surface area contributed by atoms with Crippen LogP contribution in [0, 0.1) is 6.92 Å². The van der Waals surface area contributed by atoms with E-state index in [1.165, 1.54) is 0 Å². The van der Waals surface area contributed by atoms with Crippen molar-refractivity contribution in [1.29, 1.82) is 0 Å². The fraction of sp³-hybridized carbons (Fsp3) is 0.500. The molecule has 0 spiro atoms. The molecule has 1 fully saturated rings. The number of hydrogen-bond acceptors (Lipinski definition) is 8. The molecule has 1 aliphatic heterocycles. The summed E-state index contributed by atoms with van der Waals surface area (Å²) < 4.78 is 11.4. The normalized spacial score (nSPS) is 20.3. The lowest BCUT2D eigenvalue weighted by Crippen LogP contribution is -2.56. The number of aryl methyl sites for hydroxylation is 1. The molecule has 4 N–H and O–H groups in total. The van der Waals surface area contributed by atoms with Gasteiger partial charge in [0.25, 0.3) is 6.47 Å². The van der Waals surface area contributed by atoms with E-state index in [0.717, 1.165) is 5.56 Å². The van der Waals surface area contributed by atoms with Gasteiger partial charge in [0, 0.05) is 25.3 Å². The van der Waals surface area contributed by atoms with Crippen LogP contribution >= 0.6 is 0 Å². The van der Waals surface area contributed by atoms with Gasteiger partial charge in [-0.05, 0) is 32.5 Å². The number of carbonyl (C=O) groups is 2. The summed E-state index contributed by atoms with van der Waals surface area (Å²) in [6.07, 6.45) is -0.599. The van der Waals surface area contributed by atoms with Crippen molar-refractivity contribution in [2.24, 2.45) is 0 Å². The Morgan fingerprint density at radius 1 is 1.34 bits per heavy atom. The van der Waals surface area contributed by atoms with E-state index >= 15 is 0 Å². The summed E-state index contributed by atoms with van der Waals surface area (Å²) in [7, 11) is 1.85. The second kappa shape index (κ2) is 12.9. The van der Waals surface area contributed by atoms with Crippen molar-refractivity contribution in [3.63, 3.8) is 0 Å². The lowest BCUT2D eigenvalue weighted by atomic mass is 9.98. The number of oxazole rings is 1. The van der Waals surface area contributed by atoms with E-state index < -0.39 is 12.2 Å². The molecular formula is C22H31N3O7. The van der Waals surface area contributed by atoms with Gasteiger partial charge in [0.2, 0.25) is 11.8 Å². The summed E-state index contributed by atoms with van der Waals surface area (Å²) in [5.41, 5.74) is 1.44. The van der Waals surface area contributed by atoms with Crippen molar-refractivity contribution in [3.05, 3.63) is 41.8 Å². The van der Waals surface area contributed by atoms with Gasteiger partial charge in [-0.1, -0.05) is 18.2 Å². The molecule has 176 valence electrons. The van der Waals surface area contributed by atoms with Crippen molar-refractivity contribution in [2.75, 3.05) is 33.4 Å². The largest absolute Gasteiger partial charge is 0.483 e. The Hall–Kier alpha value is -2.79. The van der Waals surface area contributed by atoms with Crippen LogP contribution in [0.25, 0.3) is 11.5 Å². The number of carbonyl (C=O) groups excluding carboxylic acids is 1. The van der Waals surface area contributed by atoms with Gasteiger partial charge in [0.1, 0.15) is 11.9 Å². The Morgan fingerprint density at radius 2 is 2.03 bits per heavy atom. The maximum atomic E-state index is 12.6. The first-order valence-corrected chi connectivity index (χ1v) is 10.4. The number of amides is 1. The molecule has 0 unspecified atom stereocenters. The third-order valence-corrected chi connectivity index (χ3v) is 5.12. The molecule has 1 amide bonds. The minimum atomic E-state index is -0.813. The number of carboxylic acid groups (broad SMARTS) is 1. The zero-order valence-electron chi connectivity index (χ0n) is 18.3. The zero-order chi connectivity index (χ0) is 23.5. The quantitative estimate of drug-likeness (QED) is 0.422. The van der Waals surface area contributed by atoms with Crippen molar-refractivity contribution in [1.82, 2.24) is 15.2 Å². The second-order valence-electron chi connectivity index (χ2n) is 7.52. The summed E-state index contributed by atoms with van der Waals surface area (Å²) in [4.78, 5) is 27.3. The lowest BCUT2D eigenvalue weighted by molar-refractivity contribution is -0.129. The Labute approximate surface area is 186 Å². The van der Waals surface area contributed by atoms with Crippen molar-refractivity contribution < 1.29 is 34.1 Å². The minimum Gasteiger partial charge on any atom is -0.483 e. The van der Waals surface area contributed by atoms with E-state index in [1.54, 1.807) is 6.92 Å². The Morgan fingerprint density at radius 3 is 2.69 bits per heavy atom. The van der Waals surface area contributed by atoms with Gasteiger partial charge in [0.15, 0.2) is 0 Å². The first-order valence-electron chi connectivity index (χ1n) is 10.4.